The second-order valence-electron chi connectivity index (χ2n) is 12.6. The number of rotatable bonds is 13. The molecule has 0 bridgehead atoms. The van der Waals surface area contributed by atoms with Gasteiger partial charge in [-0.15, -0.1) is 5.73 Å². The van der Waals surface area contributed by atoms with Crippen molar-refractivity contribution in [2.75, 3.05) is 50.2 Å². The van der Waals surface area contributed by atoms with Crippen LogP contribution in [0.5, 0.6) is 0 Å². The van der Waals surface area contributed by atoms with Crippen molar-refractivity contribution in [3.63, 3.8) is 0 Å². The third-order valence-electron chi connectivity index (χ3n) is 9.02. The van der Waals surface area contributed by atoms with Crippen LogP contribution in [-0.4, -0.2) is 76.0 Å². The molecule has 47 heavy (non-hydrogen) atoms. The lowest BCUT2D eigenvalue weighted by atomic mass is 9.78. The molecule has 0 unspecified atom stereocenters. The number of anilines is 1. The zero-order valence-electron chi connectivity index (χ0n) is 27.8. The smallest absolute Gasteiger partial charge is 0.377 e. The van der Waals surface area contributed by atoms with Gasteiger partial charge in [0.15, 0.2) is 0 Å². The van der Waals surface area contributed by atoms with Crippen LogP contribution in [-0.2, 0) is 30.8 Å². The average molecular weight is 688 g/mol. The van der Waals surface area contributed by atoms with Crippen molar-refractivity contribution < 1.29 is 40.3 Å². The van der Waals surface area contributed by atoms with E-state index in [0.717, 1.165) is 16.7 Å². The highest BCUT2D eigenvalue weighted by atomic mass is 32.2. The quantitative estimate of drug-likeness (QED) is 0.149. The summed E-state index contributed by atoms with van der Waals surface area (Å²) in [5, 5.41) is 2.92. The monoisotopic (exact) mass is 687 g/mol. The van der Waals surface area contributed by atoms with E-state index in [0.29, 0.717) is 49.9 Å². The molecule has 2 amide bonds. The molecule has 1 aromatic carbocycles. The Morgan fingerprint density at radius 1 is 1.11 bits per heavy atom. The van der Waals surface area contributed by atoms with Crippen LogP contribution in [0.1, 0.15) is 81.4 Å². The van der Waals surface area contributed by atoms with Crippen LogP contribution in [0, 0.1) is 25.7 Å². The number of sulfonamides is 1. The maximum atomic E-state index is 13.5. The Hall–Kier alpha value is -2.73. The molecule has 0 radical (unpaired) electrons. The van der Waals surface area contributed by atoms with Gasteiger partial charge in [0.1, 0.15) is 6.67 Å². The first-order chi connectivity index (χ1) is 22.2. The summed E-state index contributed by atoms with van der Waals surface area (Å²) < 4.78 is 83.9. The number of hydrogen-bond donors (Lipinski definition) is 1. The van der Waals surface area contributed by atoms with Crippen LogP contribution in [0.2, 0.25) is 0 Å². The molecule has 1 aliphatic carbocycles. The molecule has 1 N–H and O–H groups in total. The molecule has 1 aliphatic heterocycles. The fraction of sp³-hybridized carbons (Fsp3) is 0.676. The van der Waals surface area contributed by atoms with E-state index in [2.05, 4.69) is 11.0 Å². The molecule has 0 spiro atoms. The Morgan fingerprint density at radius 3 is 2.40 bits per heavy atom. The van der Waals surface area contributed by atoms with Crippen molar-refractivity contribution in [2.24, 2.45) is 11.8 Å². The minimum atomic E-state index is -4.15. The average Bonchev–Trinajstić information content (AvgIpc) is 3.04. The molecular weight excluding hydrogens is 638 g/mol. The molecular formula is C34H49F4N3O5S. The Kier molecular flexibility index (Phi) is 14.9. The molecule has 1 fully saturated rings. The van der Waals surface area contributed by atoms with Crippen molar-refractivity contribution in [1.82, 2.24) is 9.62 Å². The number of nitrogens with one attached hydrogen (secondary N) is 1. The van der Waals surface area contributed by atoms with Gasteiger partial charge in [0.25, 0.3) is 0 Å². The lowest BCUT2D eigenvalue weighted by Crippen LogP contribution is -2.38. The number of benzene rings is 1. The lowest BCUT2D eigenvalue weighted by molar-refractivity contribution is -0.138. The Bertz CT molecular complexity index is 1360. The molecule has 0 atom stereocenters. The molecule has 1 heterocycles. The molecule has 1 saturated carbocycles. The predicted octanol–water partition coefficient (Wildman–Crippen LogP) is 6.30. The normalized spacial score (nSPS) is 20.3. The van der Waals surface area contributed by atoms with E-state index in [9.17, 15) is 35.6 Å². The summed E-state index contributed by atoms with van der Waals surface area (Å²) in [6.07, 6.45) is 1.09. The molecule has 2 aliphatic rings. The summed E-state index contributed by atoms with van der Waals surface area (Å²) in [5.41, 5.74) is 7.08. The molecule has 0 saturated heterocycles. The molecule has 264 valence electrons. The third kappa shape index (κ3) is 12.7. The maximum Gasteiger partial charge on any atom is 0.389 e. The lowest BCUT2D eigenvalue weighted by Gasteiger charge is -2.30. The summed E-state index contributed by atoms with van der Waals surface area (Å²) in [4.78, 5) is 26.8. The van der Waals surface area contributed by atoms with Crippen molar-refractivity contribution in [2.45, 2.75) is 91.2 Å². The summed E-state index contributed by atoms with van der Waals surface area (Å²) in [7, 11) is -3.71. The van der Waals surface area contributed by atoms with Crippen LogP contribution in [0.4, 0.5) is 23.2 Å². The summed E-state index contributed by atoms with van der Waals surface area (Å²) in [6.45, 7) is 5.33. The van der Waals surface area contributed by atoms with E-state index in [-0.39, 0.29) is 81.5 Å². The highest BCUT2D eigenvalue weighted by Gasteiger charge is 2.31. The van der Waals surface area contributed by atoms with Gasteiger partial charge in [0.05, 0.1) is 24.7 Å². The highest BCUT2D eigenvalue weighted by Crippen LogP contribution is 2.36. The number of allylic oxidation sites excluding steroid dienone is 1. The Balaban J connectivity index is 1.59. The van der Waals surface area contributed by atoms with Crippen molar-refractivity contribution in [3.05, 3.63) is 46.3 Å². The van der Waals surface area contributed by atoms with Gasteiger partial charge in [-0.25, -0.2) is 17.1 Å². The fourth-order valence-electron chi connectivity index (χ4n) is 6.41. The van der Waals surface area contributed by atoms with Gasteiger partial charge in [-0.2, -0.15) is 13.2 Å². The van der Waals surface area contributed by atoms with E-state index in [1.54, 1.807) is 4.90 Å². The standard InChI is InChI=1S/C34H49F4N3O5S/c1-25-23-30(41(27(3)42)19-21-46-20-16-35)24-26(2)31(25)14-22-47(44,45)40-17-6-4-5-7-32(39-33(43)13-18-40)29-10-8-28(9-11-29)12-15-34(36,37)38/h5,23-24,28-29H,4,6,8-22H2,1-3H3,(H,39,43). The molecule has 3 rings (SSSR count). The van der Waals surface area contributed by atoms with Crippen molar-refractivity contribution in [1.29, 1.82) is 0 Å². The number of hydrogen-bond acceptors (Lipinski definition) is 5. The van der Waals surface area contributed by atoms with Gasteiger partial charge in [-0.1, -0.05) is 0 Å². The van der Waals surface area contributed by atoms with Crippen molar-refractivity contribution >= 4 is 27.5 Å². The third-order valence-corrected chi connectivity index (χ3v) is 10.9. The first-order valence-corrected chi connectivity index (χ1v) is 18.1. The molecule has 13 heteroatoms. The summed E-state index contributed by atoms with van der Waals surface area (Å²) >= 11 is 0. The summed E-state index contributed by atoms with van der Waals surface area (Å²) in [6, 6.07) is 3.68. The van der Waals surface area contributed by atoms with Crippen LogP contribution in [0.3, 0.4) is 0 Å². The van der Waals surface area contributed by atoms with Crippen LogP contribution >= 0.6 is 0 Å². The zero-order chi connectivity index (χ0) is 34.6. The number of carbonyl (C=O) groups excluding carboxylic acids is 2. The van der Waals surface area contributed by atoms with Gasteiger partial charge in [0, 0.05) is 51.0 Å². The number of halogens is 4. The van der Waals surface area contributed by atoms with E-state index >= 15 is 0 Å². The van der Waals surface area contributed by atoms with E-state index in [1.165, 1.54) is 11.2 Å². The molecule has 0 aromatic heterocycles. The number of carbonyl (C=O) groups is 2. The first kappa shape index (κ1) is 38.7. The second kappa shape index (κ2) is 18.1. The van der Waals surface area contributed by atoms with Gasteiger partial charge < -0.3 is 15.0 Å². The fourth-order valence-corrected chi connectivity index (χ4v) is 7.90. The predicted molar refractivity (Wildman–Crippen MR) is 174 cm³/mol. The van der Waals surface area contributed by atoms with Crippen molar-refractivity contribution in [3.8, 4) is 0 Å². The van der Waals surface area contributed by atoms with E-state index < -0.39 is 29.3 Å². The number of ether oxygens (including phenoxy) is 1. The summed E-state index contributed by atoms with van der Waals surface area (Å²) in [5.74, 6) is -0.603. The van der Waals surface area contributed by atoms with Gasteiger partial charge in [-0.05, 0) is 106 Å². The van der Waals surface area contributed by atoms with Gasteiger partial charge >= 0.3 is 6.18 Å². The number of nitrogens with zero attached hydrogens (tertiary/aromatic N) is 2. The van der Waals surface area contributed by atoms with E-state index in [1.807, 2.05) is 32.1 Å². The zero-order valence-corrected chi connectivity index (χ0v) is 28.6. The first-order valence-electron chi connectivity index (χ1n) is 16.5. The van der Waals surface area contributed by atoms with Gasteiger partial charge in [0.2, 0.25) is 21.8 Å². The minimum Gasteiger partial charge on any atom is -0.377 e. The van der Waals surface area contributed by atoms with Crippen LogP contribution in [0.15, 0.2) is 29.6 Å². The molecule has 8 nitrogen and oxygen atoms in total. The maximum absolute atomic E-state index is 13.5. The number of alkyl halides is 4. The van der Waals surface area contributed by atoms with Crippen LogP contribution < -0.4 is 10.2 Å². The molecule has 1 aromatic rings. The Morgan fingerprint density at radius 2 is 1.79 bits per heavy atom. The number of amides is 2. The highest BCUT2D eigenvalue weighted by molar-refractivity contribution is 7.89. The Labute approximate surface area is 276 Å². The SMILES string of the molecule is CC(=O)N(CCOCCF)c1cc(C)c(CCS(=O)(=O)N2CCCC=C=C(C3CCC(CCC(F)(F)F)CC3)NC(=O)CC2)c(C)c1. The number of aryl methyl sites for hydroxylation is 2. The van der Waals surface area contributed by atoms with Crippen LogP contribution in [0.25, 0.3) is 0 Å². The topological polar surface area (TPSA) is 96.0 Å². The minimum absolute atomic E-state index is 0.00742. The second-order valence-corrected chi connectivity index (χ2v) is 14.7. The largest absolute Gasteiger partial charge is 0.389 e. The van der Waals surface area contributed by atoms with Gasteiger partial charge in [-0.3, -0.25) is 9.59 Å². The van der Waals surface area contributed by atoms with E-state index in [4.69, 9.17) is 4.74 Å².